The number of thioether (sulfide) groups is 1. The Morgan fingerprint density at radius 1 is 1.19 bits per heavy atom. The molecule has 138 valence electrons. The van der Waals surface area contributed by atoms with Gasteiger partial charge in [0.1, 0.15) is 5.75 Å². The van der Waals surface area contributed by atoms with Gasteiger partial charge in [0, 0.05) is 18.1 Å². The predicted octanol–water partition coefficient (Wildman–Crippen LogP) is 3.51. The Hall–Kier alpha value is -2.77. The third-order valence-electron chi connectivity index (χ3n) is 3.80. The number of carbonyl (C=O) groups is 3. The molecular weight excluding hydrogens is 388 g/mol. The Morgan fingerprint density at radius 3 is 2.67 bits per heavy atom. The molecule has 1 heterocycles. The lowest BCUT2D eigenvalue weighted by atomic mass is 10.2. The zero-order chi connectivity index (χ0) is 19.4. The van der Waals surface area contributed by atoms with Crippen molar-refractivity contribution in [3.8, 4) is 5.75 Å². The summed E-state index contributed by atoms with van der Waals surface area (Å²) < 4.78 is 0. The molecule has 1 aliphatic heterocycles. The molecule has 2 aromatic rings. The molecule has 0 aromatic heterocycles. The van der Waals surface area contributed by atoms with E-state index in [-0.39, 0.29) is 29.6 Å². The van der Waals surface area contributed by atoms with E-state index in [1.54, 1.807) is 6.08 Å². The number of nitrogens with zero attached hydrogens (tertiary/aromatic N) is 1. The van der Waals surface area contributed by atoms with Gasteiger partial charge in [-0.25, -0.2) is 0 Å². The number of aromatic hydroxyl groups is 1. The fraction of sp³-hybridized carbons (Fsp3) is 0.105. The second kappa shape index (κ2) is 8.28. The Balaban J connectivity index is 1.60. The molecule has 1 aliphatic rings. The summed E-state index contributed by atoms with van der Waals surface area (Å²) in [6.07, 6.45) is 1.66. The maximum absolute atomic E-state index is 12.4. The van der Waals surface area contributed by atoms with E-state index >= 15 is 0 Å². The minimum atomic E-state index is -0.540. The lowest BCUT2D eigenvalue weighted by molar-refractivity contribution is -0.122. The average Bonchev–Trinajstić information content (AvgIpc) is 2.91. The van der Waals surface area contributed by atoms with E-state index in [1.165, 1.54) is 18.2 Å². The van der Waals surface area contributed by atoms with Gasteiger partial charge in [0.2, 0.25) is 0 Å². The third-order valence-corrected chi connectivity index (χ3v) is 4.94. The van der Waals surface area contributed by atoms with Gasteiger partial charge in [-0.15, -0.1) is 0 Å². The Bertz CT molecular complexity index is 931. The van der Waals surface area contributed by atoms with Crippen molar-refractivity contribution in [3.05, 3.63) is 69.6 Å². The van der Waals surface area contributed by atoms with E-state index in [0.717, 1.165) is 22.2 Å². The zero-order valence-corrected chi connectivity index (χ0v) is 15.6. The number of halogens is 1. The van der Waals surface area contributed by atoms with Crippen LogP contribution < -0.4 is 5.32 Å². The van der Waals surface area contributed by atoms with Gasteiger partial charge in [0.25, 0.3) is 17.1 Å². The van der Waals surface area contributed by atoms with Crippen molar-refractivity contribution >= 4 is 46.5 Å². The quantitative estimate of drug-likeness (QED) is 0.747. The first kappa shape index (κ1) is 19.0. The van der Waals surface area contributed by atoms with Crippen molar-refractivity contribution < 1.29 is 19.5 Å². The fourth-order valence-electron chi connectivity index (χ4n) is 2.46. The molecule has 0 radical (unpaired) electrons. The zero-order valence-electron chi connectivity index (χ0n) is 14.0. The molecule has 0 atom stereocenters. The number of rotatable bonds is 5. The molecule has 3 amide bonds. The lowest BCUT2D eigenvalue weighted by Crippen LogP contribution is -2.37. The first-order chi connectivity index (χ1) is 13.0. The predicted molar refractivity (Wildman–Crippen MR) is 105 cm³/mol. The summed E-state index contributed by atoms with van der Waals surface area (Å²) in [5, 5.41) is 12.2. The van der Waals surface area contributed by atoms with E-state index in [0.29, 0.717) is 9.93 Å². The van der Waals surface area contributed by atoms with Crippen molar-refractivity contribution in [1.29, 1.82) is 0 Å². The molecule has 2 N–H and O–H groups in total. The minimum Gasteiger partial charge on any atom is -0.507 e. The minimum absolute atomic E-state index is 0.0283. The number of hydrogen-bond acceptors (Lipinski definition) is 5. The summed E-state index contributed by atoms with van der Waals surface area (Å²) in [5.41, 5.74) is 0.855. The van der Waals surface area contributed by atoms with E-state index in [4.69, 9.17) is 11.6 Å². The summed E-state index contributed by atoms with van der Waals surface area (Å²) in [4.78, 5) is 38.0. The van der Waals surface area contributed by atoms with Gasteiger partial charge in [0.05, 0.1) is 10.5 Å². The number of nitrogens with one attached hydrogen (secondary N) is 1. The molecule has 8 heteroatoms. The Morgan fingerprint density at radius 2 is 1.93 bits per heavy atom. The van der Waals surface area contributed by atoms with E-state index in [1.807, 2.05) is 30.3 Å². The molecular formula is C19H15ClN2O4S. The van der Waals surface area contributed by atoms with E-state index in [9.17, 15) is 19.5 Å². The smallest absolute Gasteiger partial charge is 0.293 e. The molecule has 3 rings (SSSR count). The molecule has 1 fully saturated rings. The highest BCUT2D eigenvalue weighted by Gasteiger charge is 2.34. The van der Waals surface area contributed by atoms with Crippen LogP contribution in [0.2, 0.25) is 5.02 Å². The summed E-state index contributed by atoms with van der Waals surface area (Å²) >= 11 is 6.69. The standard InChI is InChI=1S/C19H15ClN2O4S/c20-13-6-7-15(23)14(11-13)17(24)21-8-9-22-18(25)16(27-19(22)26)10-12-4-2-1-3-5-12/h1-7,10-11,23H,8-9H2,(H,21,24)/b16-10-. The Kier molecular flexibility index (Phi) is 5.83. The largest absolute Gasteiger partial charge is 0.507 e. The lowest BCUT2D eigenvalue weighted by Gasteiger charge is -2.13. The molecule has 2 aromatic carbocycles. The van der Waals surface area contributed by atoms with Crippen LogP contribution >= 0.6 is 23.4 Å². The maximum Gasteiger partial charge on any atom is 0.293 e. The number of phenolic OH excluding ortho intramolecular Hbond substituents is 1. The first-order valence-corrected chi connectivity index (χ1v) is 9.22. The van der Waals surface area contributed by atoms with Crippen LogP contribution in [-0.4, -0.2) is 40.1 Å². The van der Waals surface area contributed by atoms with Crippen molar-refractivity contribution in [2.45, 2.75) is 0 Å². The van der Waals surface area contributed by atoms with Crippen LogP contribution in [0, 0.1) is 0 Å². The third kappa shape index (κ3) is 4.50. The number of benzene rings is 2. The summed E-state index contributed by atoms with van der Waals surface area (Å²) in [6, 6.07) is 13.4. The second-order valence-electron chi connectivity index (χ2n) is 5.66. The molecule has 27 heavy (non-hydrogen) atoms. The molecule has 1 saturated heterocycles. The average molecular weight is 403 g/mol. The van der Waals surface area contributed by atoms with Crippen LogP contribution in [0.5, 0.6) is 5.75 Å². The van der Waals surface area contributed by atoms with Crippen molar-refractivity contribution in [2.24, 2.45) is 0 Å². The number of imide groups is 1. The van der Waals surface area contributed by atoms with Crippen molar-refractivity contribution in [2.75, 3.05) is 13.1 Å². The van der Waals surface area contributed by atoms with Gasteiger partial charge in [-0.05, 0) is 41.6 Å². The maximum atomic E-state index is 12.4. The molecule has 0 unspecified atom stereocenters. The van der Waals surface area contributed by atoms with Gasteiger partial charge in [0.15, 0.2) is 0 Å². The van der Waals surface area contributed by atoms with Crippen LogP contribution in [0.3, 0.4) is 0 Å². The summed E-state index contributed by atoms with van der Waals surface area (Å²) in [6.45, 7) is 0.0886. The van der Waals surface area contributed by atoms with Crippen LogP contribution in [0.15, 0.2) is 53.4 Å². The number of carbonyl (C=O) groups excluding carboxylic acids is 3. The van der Waals surface area contributed by atoms with Gasteiger partial charge >= 0.3 is 0 Å². The SMILES string of the molecule is O=C(NCCN1C(=O)S/C(=C\c2ccccc2)C1=O)c1cc(Cl)ccc1O. The Labute approximate surface area is 164 Å². The van der Waals surface area contributed by atoms with Crippen LogP contribution in [-0.2, 0) is 4.79 Å². The first-order valence-electron chi connectivity index (χ1n) is 8.03. The number of hydrogen-bond donors (Lipinski definition) is 2. The molecule has 0 spiro atoms. The van der Waals surface area contributed by atoms with E-state index in [2.05, 4.69) is 5.32 Å². The number of phenols is 1. The van der Waals surface area contributed by atoms with Crippen molar-refractivity contribution in [3.63, 3.8) is 0 Å². The molecule has 0 aliphatic carbocycles. The number of amides is 3. The highest BCUT2D eigenvalue weighted by Crippen LogP contribution is 2.31. The van der Waals surface area contributed by atoms with Gasteiger partial charge < -0.3 is 10.4 Å². The van der Waals surface area contributed by atoms with Crippen LogP contribution in [0.25, 0.3) is 6.08 Å². The highest BCUT2D eigenvalue weighted by atomic mass is 35.5. The van der Waals surface area contributed by atoms with Crippen molar-refractivity contribution in [1.82, 2.24) is 10.2 Å². The summed E-state index contributed by atoms with van der Waals surface area (Å²) in [7, 11) is 0. The van der Waals surface area contributed by atoms with Crippen LogP contribution in [0.4, 0.5) is 4.79 Å². The normalized spacial score (nSPS) is 15.4. The fourth-order valence-corrected chi connectivity index (χ4v) is 3.50. The summed E-state index contributed by atoms with van der Waals surface area (Å²) in [5.74, 6) is -1.13. The molecule has 0 saturated carbocycles. The van der Waals surface area contributed by atoms with Crippen LogP contribution in [0.1, 0.15) is 15.9 Å². The second-order valence-corrected chi connectivity index (χ2v) is 7.09. The van der Waals surface area contributed by atoms with Gasteiger partial charge in [-0.2, -0.15) is 0 Å². The molecule has 0 bridgehead atoms. The monoisotopic (exact) mass is 402 g/mol. The van der Waals surface area contributed by atoms with Gasteiger partial charge in [-0.3, -0.25) is 19.3 Å². The highest BCUT2D eigenvalue weighted by molar-refractivity contribution is 8.18. The van der Waals surface area contributed by atoms with Gasteiger partial charge in [-0.1, -0.05) is 41.9 Å². The molecule has 6 nitrogen and oxygen atoms in total. The van der Waals surface area contributed by atoms with E-state index < -0.39 is 11.8 Å². The topological polar surface area (TPSA) is 86.7 Å².